The first kappa shape index (κ1) is 15.8. The lowest BCUT2D eigenvalue weighted by atomic mass is 9.96. The Morgan fingerprint density at radius 2 is 2.09 bits per heavy atom. The molecule has 1 fully saturated rings. The number of fused-ring (bicyclic) bond motifs is 1. The van der Waals surface area contributed by atoms with Crippen molar-refractivity contribution >= 4 is 17.0 Å². The second-order valence-corrected chi connectivity index (χ2v) is 6.01. The van der Waals surface area contributed by atoms with Gasteiger partial charge in [0.2, 0.25) is 0 Å². The molecule has 124 valence electrons. The Bertz CT molecular complexity index is 689. The van der Waals surface area contributed by atoms with Gasteiger partial charge in [0.1, 0.15) is 11.6 Å². The predicted octanol–water partition coefficient (Wildman–Crippen LogP) is 2.52. The number of aromatic amines is 1. The highest BCUT2D eigenvalue weighted by Gasteiger charge is 2.29. The lowest BCUT2D eigenvalue weighted by Crippen LogP contribution is -2.38. The minimum absolute atomic E-state index is 0.0309. The Balaban J connectivity index is 1.71. The molecule has 1 aliphatic heterocycles. The second kappa shape index (κ2) is 6.58. The Kier molecular flexibility index (Phi) is 4.52. The third-order valence-electron chi connectivity index (χ3n) is 4.71. The molecule has 2 aromatic rings. The molecule has 1 N–H and O–H groups in total. The number of imidazole rings is 1. The van der Waals surface area contributed by atoms with Crippen LogP contribution in [0.4, 0.5) is 0 Å². The molecule has 1 aromatic carbocycles. The molecule has 0 radical (unpaired) electrons. The topological polar surface area (TPSA) is 67.4 Å². The highest BCUT2D eigenvalue weighted by molar-refractivity contribution is 5.77. The van der Waals surface area contributed by atoms with Crippen LogP contribution in [0.1, 0.15) is 31.6 Å². The van der Waals surface area contributed by atoms with E-state index in [1.807, 2.05) is 18.2 Å². The smallest absolute Gasteiger partial charge is 0.308 e. The third kappa shape index (κ3) is 3.17. The van der Waals surface area contributed by atoms with Gasteiger partial charge in [0.15, 0.2) is 0 Å². The Labute approximate surface area is 135 Å². The van der Waals surface area contributed by atoms with E-state index in [1.165, 1.54) is 7.11 Å². The number of carbonyl (C=O) groups excluding carboxylic acids is 1. The monoisotopic (exact) mass is 317 g/mol. The molecule has 0 saturated carbocycles. The summed E-state index contributed by atoms with van der Waals surface area (Å²) in [4.78, 5) is 22.1. The van der Waals surface area contributed by atoms with Crippen LogP contribution in [-0.2, 0) is 9.53 Å². The highest BCUT2D eigenvalue weighted by atomic mass is 16.5. The summed E-state index contributed by atoms with van der Waals surface area (Å²) in [6, 6.07) is 6.03. The summed E-state index contributed by atoms with van der Waals surface area (Å²) in [5, 5.41) is 0. The predicted molar refractivity (Wildman–Crippen MR) is 87.4 cm³/mol. The molecule has 3 rings (SSSR count). The van der Waals surface area contributed by atoms with Gasteiger partial charge in [-0.15, -0.1) is 0 Å². The zero-order valence-electron chi connectivity index (χ0n) is 13.8. The van der Waals surface area contributed by atoms with E-state index in [0.29, 0.717) is 0 Å². The average Bonchev–Trinajstić information content (AvgIpc) is 3.03. The third-order valence-corrected chi connectivity index (χ3v) is 4.71. The molecule has 0 spiro atoms. The van der Waals surface area contributed by atoms with Crippen molar-refractivity contribution in [3.8, 4) is 5.75 Å². The number of H-pyrrole nitrogens is 1. The lowest BCUT2D eigenvalue weighted by molar-refractivity contribution is -0.147. The zero-order valence-corrected chi connectivity index (χ0v) is 13.8. The fourth-order valence-electron chi connectivity index (χ4n) is 3.20. The minimum atomic E-state index is -0.0897. The van der Waals surface area contributed by atoms with Crippen molar-refractivity contribution in [2.75, 3.05) is 27.3 Å². The first-order chi connectivity index (χ1) is 11.1. The average molecular weight is 317 g/mol. The number of methoxy groups -OCH3 is 2. The van der Waals surface area contributed by atoms with Crippen molar-refractivity contribution in [2.45, 2.75) is 25.8 Å². The van der Waals surface area contributed by atoms with Crippen molar-refractivity contribution in [3.63, 3.8) is 0 Å². The van der Waals surface area contributed by atoms with E-state index in [4.69, 9.17) is 9.47 Å². The quantitative estimate of drug-likeness (QED) is 0.878. The van der Waals surface area contributed by atoms with E-state index in [2.05, 4.69) is 21.8 Å². The fraction of sp³-hybridized carbons (Fsp3) is 0.529. The Morgan fingerprint density at radius 3 is 2.74 bits per heavy atom. The molecular formula is C17H23N3O3. The number of hydrogen-bond donors (Lipinski definition) is 1. The summed E-state index contributed by atoms with van der Waals surface area (Å²) in [5.74, 6) is 1.71. The summed E-state index contributed by atoms with van der Waals surface area (Å²) in [7, 11) is 3.12. The summed E-state index contributed by atoms with van der Waals surface area (Å²) < 4.78 is 10.1. The van der Waals surface area contributed by atoms with Crippen LogP contribution in [0.5, 0.6) is 5.75 Å². The van der Waals surface area contributed by atoms with Gasteiger partial charge in [0.25, 0.3) is 0 Å². The number of likely N-dealkylation sites (tertiary alicyclic amines) is 1. The van der Waals surface area contributed by atoms with Gasteiger partial charge in [-0.2, -0.15) is 0 Å². The first-order valence-corrected chi connectivity index (χ1v) is 7.98. The number of benzene rings is 1. The number of aromatic nitrogens is 2. The molecule has 1 aliphatic rings. The highest BCUT2D eigenvalue weighted by Crippen LogP contribution is 2.28. The molecule has 23 heavy (non-hydrogen) atoms. The largest absolute Gasteiger partial charge is 0.497 e. The normalized spacial score (nSPS) is 18.0. The van der Waals surface area contributed by atoms with Crippen LogP contribution in [0.25, 0.3) is 11.0 Å². The maximum atomic E-state index is 11.6. The number of piperidine rings is 1. The number of ether oxygens (including phenoxy) is 2. The molecule has 0 aliphatic carbocycles. The van der Waals surface area contributed by atoms with Crippen LogP contribution in [0.2, 0.25) is 0 Å². The molecule has 2 heterocycles. The molecule has 1 aromatic heterocycles. The lowest BCUT2D eigenvalue weighted by Gasteiger charge is -2.34. The second-order valence-electron chi connectivity index (χ2n) is 6.01. The van der Waals surface area contributed by atoms with Gasteiger partial charge in [-0.1, -0.05) is 0 Å². The first-order valence-electron chi connectivity index (χ1n) is 7.98. The number of hydrogen-bond acceptors (Lipinski definition) is 5. The van der Waals surface area contributed by atoms with Gasteiger partial charge >= 0.3 is 5.97 Å². The molecule has 1 unspecified atom stereocenters. The van der Waals surface area contributed by atoms with Crippen molar-refractivity contribution < 1.29 is 14.3 Å². The van der Waals surface area contributed by atoms with Crippen LogP contribution >= 0.6 is 0 Å². The number of carbonyl (C=O) groups is 1. The number of rotatable bonds is 4. The number of nitrogens with one attached hydrogen (secondary N) is 1. The molecule has 6 nitrogen and oxygen atoms in total. The van der Waals surface area contributed by atoms with E-state index >= 15 is 0 Å². The number of nitrogens with zero attached hydrogens (tertiary/aromatic N) is 2. The van der Waals surface area contributed by atoms with Crippen LogP contribution in [0, 0.1) is 5.92 Å². The van der Waals surface area contributed by atoms with E-state index in [0.717, 1.165) is 48.5 Å². The van der Waals surface area contributed by atoms with Crippen LogP contribution < -0.4 is 4.74 Å². The summed E-state index contributed by atoms with van der Waals surface area (Å²) in [6.07, 6.45) is 1.68. The molecule has 1 atom stereocenters. The van der Waals surface area contributed by atoms with Crippen molar-refractivity contribution in [2.24, 2.45) is 5.92 Å². The van der Waals surface area contributed by atoms with Gasteiger partial charge in [-0.05, 0) is 45.0 Å². The van der Waals surface area contributed by atoms with E-state index < -0.39 is 0 Å². The fourth-order valence-corrected chi connectivity index (χ4v) is 3.20. The van der Waals surface area contributed by atoms with Crippen LogP contribution in [-0.4, -0.2) is 48.1 Å². The van der Waals surface area contributed by atoms with Gasteiger partial charge in [-0.3, -0.25) is 9.69 Å². The standard InChI is InChI=1S/C17H23N3O3/c1-11(20-8-6-12(7-9-20)17(21)23-3)16-18-14-5-4-13(22-2)10-15(14)19-16/h4-5,10-12H,6-9H2,1-3H3,(H,18,19). The van der Waals surface area contributed by atoms with E-state index in [1.54, 1.807) is 7.11 Å². The summed E-state index contributed by atoms with van der Waals surface area (Å²) in [6.45, 7) is 3.90. The molecule has 0 bridgehead atoms. The van der Waals surface area contributed by atoms with Crippen LogP contribution in [0.15, 0.2) is 18.2 Å². The molecule has 6 heteroatoms. The molecular weight excluding hydrogens is 294 g/mol. The van der Waals surface area contributed by atoms with Crippen molar-refractivity contribution in [1.29, 1.82) is 0 Å². The van der Waals surface area contributed by atoms with Gasteiger partial charge in [0, 0.05) is 6.07 Å². The summed E-state index contributed by atoms with van der Waals surface area (Å²) >= 11 is 0. The molecule has 1 saturated heterocycles. The van der Waals surface area contributed by atoms with Crippen molar-refractivity contribution in [1.82, 2.24) is 14.9 Å². The maximum absolute atomic E-state index is 11.6. The minimum Gasteiger partial charge on any atom is -0.497 e. The maximum Gasteiger partial charge on any atom is 0.308 e. The SMILES string of the molecule is COC(=O)C1CCN(C(C)c2nc3ccc(OC)cc3[nH]2)CC1. The van der Waals surface area contributed by atoms with E-state index in [9.17, 15) is 4.79 Å². The van der Waals surface area contributed by atoms with Gasteiger partial charge in [-0.25, -0.2) is 4.98 Å². The van der Waals surface area contributed by atoms with Gasteiger partial charge < -0.3 is 14.5 Å². The summed E-state index contributed by atoms with van der Waals surface area (Å²) in [5.41, 5.74) is 1.92. The van der Waals surface area contributed by atoms with E-state index in [-0.39, 0.29) is 17.9 Å². The zero-order chi connectivity index (χ0) is 16.4. The van der Waals surface area contributed by atoms with Crippen LogP contribution in [0.3, 0.4) is 0 Å². The Hall–Kier alpha value is -2.08. The van der Waals surface area contributed by atoms with Crippen molar-refractivity contribution in [3.05, 3.63) is 24.0 Å². The Morgan fingerprint density at radius 1 is 1.35 bits per heavy atom. The number of esters is 1. The van der Waals surface area contributed by atoms with Gasteiger partial charge in [0.05, 0.1) is 37.2 Å². The molecule has 0 amide bonds.